The predicted molar refractivity (Wildman–Crippen MR) is 147 cm³/mol. The van der Waals surface area contributed by atoms with Crippen molar-refractivity contribution < 1.29 is 18.0 Å². The zero-order valence-corrected chi connectivity index (χ0v) is 23.7. The van der Waals surface area contributed by atoms with Gasteiger partial charge in [0.2, 0.25) is 5.91 Å². The summed E-state index contributed by atoms with van der Waals surface area (Å²) >= 11 is 0. The van der Waals surface area contributed by atoms with Crippen molar-refractivity contribution in [3.63, 3.8) is 0 Å². The van der Waals surface area contributed by atoms with Crippen molar-refractivity contribution >= 4 is 27.5 Å². The Balaban J connectivity index is 0. The molecule has 3 N–H and O–H groups in total. The molecular weight excluding hydrogens is 462 g/mol. The number of allylic oxidation sites excluding steroid dienone is 1. The van der Waals surface area contributed by atoms with Crippen molar-refractivity contribution in [3.8, 4) is 0 Å². The monoisotopic (exact) mass is 505 g/mol. The first-order chi connectivity index (χ1) is 16.7. The minimum Gasteiger partial charge on any atom is -0.348 e. The van der Waals surface area contributed by atoms with E-state index in [1.54, 1.807) is 26.0 Å². The maximum atomic E-state index is 12.5. The number of aryl methyl sites for hydroxylation is 1. The minimum atomic E-state index is -4.01. The van der Waals surface area contributed by atoms with E-state index in [1.165, 1.54) is 13.1 Å². The summed E-state index contributed by atoms with van der Waals surface area (Å²) in [4.78, 5) is 23.9. The van der Waals surface area contributed by atoms with Gasteiger partial charge in [-0.05, 0) is 49.1 Å². The maximum absolute atomic E-state index is 12.5. The maximum Gasteiger partial charge on any atom is 0.328 e. The highest BCUT2D eigenvalue weighted by molar-refractivity contribution is 7.90. The fourth-order valence-corrected chi connectivity index (χ4v) is 3.92. The second kappa shape index (κ2) is 18.2. The lowest BCUT2D eigenvalue weighted by molar-refractivity contribution is -0.117. The van der Waals surface area contributed by atoms with Gasteiger partial charge in [0, 0.05) is 19.2 Å². The van der Waals surface area contributed by atoms with Crippen LogP contribution in [0, 0.1) is 6.92 Å². The summed E-state index contributed by atoms with van der Waals surface area (Å²) in [6.45, 7) is 17.4. The summed E-state index contributed by atoms with van der Waals surface area (Å²) in [5, 5.41) is 5.02. The quantitative estimate of drug-likeness (QED) is 0.431. The number of hydrogen-bond acceptors (Lipinski definition) is 4. The number of urea groups is 1. The molecule has 0 unspecified atom stereocenters. The summed E-state index contributed by atoms with van der Waals surface area (Å²) in [7, 11) is -2.68. The molecular formula is C27H43N3O4S. The Bertz CT molecular complexity index is 1050. The van der Waals surface area contributed by atoms with Crippen LogP contribution < -0.4 is 15.4 Å². The summed E-state index contributed by atoms with van der Waals surface area (Å²) in [5.41, 5.74) is 3.51. The lowest BCUT2D eigenvalue weighted by atomic mass is 10.0. The topological polar surface area (TPSA) is 104 Å². The SMILES string of the molecule is CC.CC.CC.CNC(=O)NS(=O)(=O)c1cc(CNC(=O)/C(C)=C(\C)c2ccccc2)ccc1C. The number of rotatable bonds is 6. The molecule has 0 aromatic heterocycles. The van der Waals surface area contributed by atoms with E-state index in [2.05, 4.69) is 10.6 Å². The first kappa shape index (κ1) is 34.0. The lowest BCUT2D eigenvalue weighted by Crippen LogP contribution is -2.37. The van der Waals surface area contributed by atoms with E-state index in [0.717, 1.165) is 11.1 Å². The Morgan fingerprint density at radius 1 is 0.857 bits per heavy atom. The molecule has 0 bridgehead atoms. The fourth-order valence-electron chi connectivity index (χ4n) is 2.66. The molecule has 2 rings (SSSR count). The fraction of sp³-hybridized carbons (Fsp3) is 0.407. The van der Waals surface area contributed by atoms with Gasteiger partial charge in [-0.3, -0.25) is 4.79 Å². The molecule has 0 saturated heterocycles. The van der Waals surface area contributed by atoms with Crippen LogP contribution in [0.15, 0.2) is 59.0 Å². The van der Waals surface area contributed by atoms with E-state index in [9.17, 15) is 18.0 Å². The third-order valence-electron chi connectivity index (χ3n) is 4.56. The van der Waals surface area contributed by atoms with Crippen molar-refractivity contribution in [1.82, 2.24) is 15.4 Å². The van der Waals surface area contributed by atoms with Crippen LogP contribution in [0.3, 0.4) is 0 Å². The number of hydrogen-bond donors (Lipinski definition) is 3. The van der Waals surface area contributed by atoms with E-state index >= 15 is 0 Å². The average molecular weight is 506 g/mol. The summed E-state index contributed by atoms with van der Waals surface area (Å²) in [5.74, 6) is -0.236. The standard InChI is InChI=1S/C21H25N3O4S.3C2H6/c1-14-10-11-17(12-19(14)29(27,28)24-21(26)22-4)13-23-20(25)16(3)15(2)18-8-6-5-7-9-18;3*1-2/h5-12H,13H2,1-4H3,(H,23,25)(H2,22,24,26);3*1-2H3/b16-15+;;;. The van der Waals surface area contributed by atoms with E-state index in [1.807, 2.05) is 83.5 Å². The van der Waals surface area contributed by atoms with E-state index in [4.69, 9.17) is 0 Å². The van der Waals surface area contributed by atoms with Crippen LogP contribution in [0.1, 0.15) is 72.1 Å². The van der Waals surface area contributed by atoms with Crippen molar-refractivity contribution in [2.24, 2.45) is 0 Å². The first-order valence-corrected chi connectivity index (χ1v) is 13.5. The predicted octanol–water partition coefficient (Wildman–Crippen LogP) is 5.80. The van der Waals surface area contributed by atoms with Gasteiger partial charge < -0.3 is 10.6 Å². The number of benzene rings is 2. The van der Waals surface area contributed by atoms with Gasteiger partial charge in [-0.25, -0.2) is 17.9 Å². The Hall–Kier alpha value is -3.13. The number of nitrogens with one attached hydrogen (secondary N) is 3. The zero-order valence-electron chi connectivity index (χ0n) is 22.9. The first-order valence-electron chi connectivity index (χ1n) is 12.0. The van der Waals surface area contributed by atoms with Crippen LogP contribution >= 0.6 is 0 Å². The van der Waals surface area contributed by atoms with Crippen molar-refractivity contribution in [2.75, 3.05) is 7.05 Å². The summed E-state index contributed by atoms with van der Waals surface area (Å²) in [6, 6.07) is 13.6. The number of amides is 3. The van der Waals surface area contributed by atoms with Crippen molar-refractivity contribution in [1.29, 1.82) is 0 Å². The highest BCUT2D eigenvalue weighted by Crippen LogP contribution is 2.19. The molecule has 3 amide bonds. The molecule has 0 saturated carbocycles. The van der Waals surface area contributed by atoms with Gasteiger partial charge in [-0.15, -0.1) is 0 Å². The van der Waals surface area contributed by atoms with Gasteiger partial charge in [-0.1, -0.05) is 84.0 Å². The van der Waals surface area contributed by atoms with E-state index in [0.29, 0.717) is 16.7 Å². The number of sulfonamides is 1. The van der Waals surface area contributed by atoms with Gasteiger partial charge in [0.25, 0.3) is 10.0 Å². The number of carbonyl (C=O) groups is 2. The van der Waals surface area contributed by atoms with Gasteiger partial charge in [0.1, 0.15) is 0 Å². The van der Waals surface area contributed by atoms with Gasteiger partial charge in [0.15, 0.2) is 0 Å². The smallest absolute Gasteiger partial charge is 0.328 e. The highest BCUT2D eigenvalue weighted by Gasteiger charge is 2.20. The Morgan fingerprint density at radius 3 is 1.91 bits per heavy atom. The Labute approximate surface area is 212 Å². The van der Waals surface area contributed by atoms with Gasteiger partial charge in [0.05, 0.1) is 4.90 Å². The van der Waals surface area contributed by atoms with Gasteiger partial charge in [-0.2, -0.15) is 0 Å². The molecule has 8 heteroatoms. The molecule has 0 heterocycles. The molecule has 0 spiro atoms. The van der Waals surface area contributed by atoms with Crippen LogP contribution in [0.4, 0.5) is 4.79 Å². The molecule has 196 valence electrons. The van der Waals surface area contributed by atoms with Crippen molar-refractivity contribution in [2.45, 2.75) is 73.8 Å². The molecule has 0 aliphatic rings. The van der Waals surface area contributed by atoms with Crippen LogP contribution in [0.25, 0.3) is 5.57 Å². The Kier molecular flexibility index (Phi) is 17.7. The summed E-state index contributed by atoms with van der Waals surface area (Å²) in [6.07, 6.45) is 0. The largest absolute Gasteiger partial charge is 0.348 e. The highest BCUT2D eigenvalue weighted by atomic mass is 32.2. The molecule has 2 aromatic carbocycles. The Morgan fingerprint density at radius 2 is 1.40 bits per heavy atom. The second-order valence-electron chi connectivity index (χ2n) is 6.58. The van der Waals surface area contributed by atoms with Crippen LogP contribution in [0.5, 0.6) is 0 Å². The summed E-state index contributed by atoms with van der Waals surface area (Å²) < 4.78 is 26.7. The third-order valence-corrected chi connectivity index (χ3v) is 6.03. The molecule has 2 aromatic rings. The molecule has 35 heavy (non-hydrogen) atoms. The normalized spacial score (nSPS) is 10.5. The molecule has 7 nitrogen and oxygen atoms in total. The van der Waals surface area contributed by atoms with E-state index < -0.39 is 16.1 Å². The van der Waals surface area contributed by atoms with Crippen molar-refractivity contribution in [3.05, 3.63) is 70.8 Å². The van der Waals surface area contributed by atoms with Crippen LogP contribution in [0.2, 0.25) is 0 Å². The molecule has 0 fully saturated rings. The minimum absolute atomic E-state index is 0.0134. The second-order valence-corrected chi connectivity index (χ2v) is 8.23. The average Bonchev–Trinajstić information content (AvgIpc) is 2.90. The lowest BCUT2D eigenvalue weighted by Gasteiger charge is -2.12. The molecule has 0 aliphatic heterocycles. The number of carbonyl (C=O) groups excluding carboxylic acids is 2. The van der Waals surface area contributed by atoms with Crippen LogP contribution in [-0.2, 0) is 21.4 Å². The molecule has 0 aliphatic carbocycles. The van der Waals surface area contributed by atoms with Gasteiger partial charge >= 0.3 is 6.03 Å². The van der Waals surface area contributed by atoms with Crippen LogP contribution in [-0.4, -0.2) is 27.4 Å². The van der Waals surface area contributed by atoms with E-state index in [-0.39, 0.29) is 17.3 Å². The molecule has 0 atom stereocenters. The molecule has 0 radical (unpaired) electrons. The third kappa shape index (κ3) is 11.2. The zero-order chi connectivity index (χ0) is 27.6.